The monoisotopic (exact) mass is 212 g/mol. The fourth-order valence-electron chi connectivity index (χ4n) is 0.795. The van der Waals surface area contributed by atoms with Gasteiger partial charge in [-0.15, -0.1) is 0 Å². The highest BCUT2D eigenvalue weighted by Crippen LogP contribution is 2.19. The molecule has 0 spiro atoms. The SMILES string of the molecule is OCC=C(Br)c1ccccc1. The van der Waals surface area contributed by atoms with Crippen LogP contribution < -0.4 is 0 Å². The molecule has 1 aromatic rings. The van der Waals surface area contributed by atoms with Crippen LogP contribution in [-0.2, 0) is 0 Å². The lowest BCUT2D eigenvalue weighted by Crippen LogP contribution is -1.77. The van der Waals surface area contributed by atoms with Gasteiger partial charge in [0.2, 0.25) is 0 Å². The highest BCUT2D eigenvalue weighted by Gasteiger charge is 1.92. The van der Waals surface area contributed by atoms with Crippen molar-refractivity contribution in [2.45, 2.75) is 0 Å². The number of hydrogen-bond donors (Lipinski definition) is 1. The molecule has 0 aliphatic heterocycles. The first kappa shape index (κ1) is 8.50. The molecule has 0 aliphatic carbocycles. The smallest absolute Gasteiger partial charge is 0.0626 e. The van der Waals surface area contributed by atoms with Gasteiger partial charge >= 0.3 is 0 Å². The molecule has 0 fully saturated rings. The molecule has 0 bridgehead atoms. The molecule has 0 saturated carbocycles. The average Bonchev–Trinajstić information content (AvgIpc) is 2.07. The van der Waals surface area contributed by atoms with E-state index in [4.69, 9.17) is 5.11 Å². The van der Waals surface area contributed by atoms with Gasteiger partial charge in [-0.2, -0.15) is 0 Å². The molecule has 1 N–H and O–H groups in total. The lowest BCUT2D eigenvalue weighted by atomic mass is 10.2. The first-order valence-corrected chi connectivity index (χ1v) is 4.16. The molecule has 0 aliphatic rings. The van der Waals surface area contributed by atoms with Crippen molar-refractivity contribution >= 4 is 20.4 Å². The Morgan fingerprint density at radius 1 is 1.36 bits per heavy atom. The van der Waals surface area contributed by atoms with Gasteiger partial charge in [-0.25, -0.2) is 0 Å². The quantitative estimate of drug-likeness (QED) is 0.799. The van der Waals surface area contributed by atoms with Crippen molar-refractivity contribution in [3.05, 3.63) is 42.0 Å². The van der Waals surface area contributed by atoms with Crippen molar-refractivity contribution in [2.24, 2.45) is 0 Å². The molecule has 0 amide bonds. The van der Waals surface area contributed by atoms with Gasteiger partial charge in [0, 0.05) is 4.48 Å². The fraction of sp³-hybridized carbons (Fsp3) is 0.111. The van der Waals surface area contributed by atoms with E-state index < -0.39 is 0 Å². The molecular formula is C9H9BrO. The zero-order chi connectivity index (χ0) is 8.10. The van der Waals surface area contributed by atoms with Crippen molar-refractivity contribution in [3.8, 4) is 0 Å². The molecule has 1 rings (SSSR count). The third-order valence-corrected chi connectivity index (χ3v) is 2.10. The Morgan fingerprint density at radius 2 is 2.00 bits per heavy atom. The van der Waals surface area contributed by atoms with E-state index in [1.807, 2.05) is 30.3 Å². The van der Waals surface area contributed by atoms with Gasteiger partial charge < -0.3 is 5.11 Å². The number of halogens is 1. The number of aliphatic hydroxyl groups is 1. The van der Waals surface area contributed by atoms with E-state index in [0.717, 1.165) is 10.0 Å². The fourth-order valence-corrected chi connectivity index (χ4v) is 1.20. The maximum absolute atomic E-state index is 8.59. The van der Waals surface area contributed by atoms with Crippen LogP contribution in [0.1, 0.15) is 5.56 Å². The van der Waals surface area contributed by atoms with Crippen LogP contribution in [0.5, 0.6) is 0 Å². The maximum Gasteiger partial charge on any atom is 0.0626 e. The van der Waals surface area contributed by atoms with E-state index in [1.165, 1.54) is 0 Å². The minimum absolute atomic E-state index is 0.0650. The number of hydrogen-bond acceptors (Lipinski definition) is 1. The van der Waals surface area contributed by atoms with Crippen molar-refractivity contribution in [3.63, 3.8) is 0 Å². The third kappa shape index (κ3) is 2.48. The van der Waals surface area contributed by atoms with Crippen LogP contribution in [0.3, 0.4) is 0 Å². The summed E-state index contributed by atoms with van der Waals surface area (Å²) < 4.78 is 0.931. The Bertz CT molecular complexity index is 241. The number of benzene rings is 1. The van der Waals surface area contributed by atoms with Gasteiger partial charge in [-0.05, 0) is 11.6 Å². The summed E-state index contributed by atoms with van der Waals surface area (Å²) in [6.07, 6.45) is 1.72. The summed E-state index contributed by atoms with van der Waals surface area (Å²) in [5, 5.41) is 8.59. The van der Waals surface area contributed by atoms with Crippen LogP contribution in [0.15, 0.2) is 36.4 Å². The van der Waals surface area contributed by atoms with E-state index in [0.29, 0.717) is 0 Å². The number of aliphatic hydroxyl groups excluding tert-OH is 1. The summed E-state index contributed by atoms with van der Waals surface area (Å²) in [7, 11) is 0. The Kier molecular flexibility index (Phi) is 3.33. The molecular weight excluding hydrogens is 204 g/mol. The predicted molar refractivity (Wildman–Crippen MR) is 50.4 cm³/mol. The highest BCUT2D eigenvalue weighted by molar-refractivity contribution is 9.15. The van der Waals surface area contributed by atoms with Crippen molar-refractivity contribution < 1.29 is 5.11 Å². The van der Waals surface area contributed by atoms with Crippen LogP contribution in [-0.4, -0.2) is 11.7 Å². The largest absolute Gasteiger partial charge is 0.392 e. The van der Waals surface area contributed by atoms with E-state index >= 15 is 0 Å². The molecule has 1 aromatic carbocycles. The summed E-state index contributed by atoms with van der Waals surface area (Å²) in [5.41, 5.74) is 1.08. The summed E-state index contributed by atoms with van der Waals surface area (Å²) in [6.45, 7) is 0.0650. The standard InChI is InChI=1S/C9H9BrO/c10-9(6-7-11)8-4-2-1-3-5-8/h1-6,11H,7H2. The van der Waals surface area contributed by atoms with Crippen molar-refractivity contribution in [2.75, 3.05) is 6.61 Å². The summed E-state index contributed by atoms with van der Waals surface area (Å²) in [4.78, 5) is 0. The first-order chi connectivity index (χ1) is 5.34. The molecule has 2 heteroatoms. The second-order valence-corrected chi connectivity index (χ2v) is 2.95. The van der Waals surface area contributed by atoms with Crippen molar-refractivity contribution in [1.29, 1.82) is 0 Å². The van der Waals surface area contributed by atoms with Crippen molar-refractivity contribution in [1.82, 2.24) is 0 Å². The van der Waals surface area contributed by atoms with Crippen LogP contribution in [0.4, 0.5) is 0 Å². The molecule has 0 aromatic heterocycles. The Balaban J connectivity index is 2.85. The molecule has 0 saturated heterocycles. The Labute approximate surface area is 74.5 Å². The Hall–Kier alpha value is -0.600. The minimum atomic E-state index is 0.0650. The lowest BCUT2D eigenvalue weighted by Gasteiger charge is -1.96. The van der Waals surface area contributed by atoms with Gasteiger partial charge in [-0.3, -0.25) is 0 Å². The van der Waals surface area contributed by atoms with Crippen LogP contribution in [0.2, 0.25) is 0 Å². The maximum atomic E-state index is 8.59. The molecule has 1 nitrogen and oxygen atoms in total. The minimum Gasteiger partial charge on any atom is -0.392 e. The summed E-state index contributed by atoms with van der Waals surface area (Å²) in [6, 6.07) is 9.85. The number of rotatable bonds is 2. The Morgan fingerprint density at radius 3 is 2.55 bits per heavy atom. The molecule has 0 atom stereocenters. The molecule has 0 radical (unpaired) electrons. The highest BCUT2D eigenvalue weighted by atomic mass is 79.9. The topological polar surface area (TPSA) is 20.2 Å². The molecule has 0 heterocycles. The van der Waals surface area contributed by atoms with Gasteiger partial charge in [0.25, 0.3) is 0 Å². The average molecular weight is 213 g/mol. The zero-order valence-electron chi connectivity index (χ0n) is 6.00. The van der Waals surface area contributed by atoms with E-state index in [-0.39, 0.29) is 6.61 Å². The second-order valence-electron chi connectivity index (χ2n) is 2.10. The summed E-state index contributed by atoms with van der Waals surface area (Å²) in [5.74, 6) is 0. The van der Waals surface area contributed by atoms with E-state index in [1.54, 1.807) is 6.08 Å². The summed E-state index contributed by atoms with van der Waals surface area (Å²) >= 11 is 3.35. The van der Waals surface area contributed by atoms with Crippen LogP contribution in [0, 0.1) is 0 Å². The molecule has 0 unspecified atom stereocenters. The second kappa shape index (κ2) is 4.31. The third-order valence-electron chi connectivity index (χ3n) is 1.32. The molecule has 58 valence electrons. The molecule has 11 heavy (non-hydrogen) atoms. The predicted octanol–water partition coefficient (Wildman–Crippen LogP) is 2.41. The normalized spacial score (nSPS) is 11.6. The van der Waals surface area contributed by atoms with E-state index in [9.17, 15) is 0 Å². The van der Waals surface area contributed by atoms with Gasteiger partial charge in [-0.1, -0.05) is 46.3 Å². The van der Waals surface area contributed by atoms with Gasteiger partial charge in [0.05, 0.1) is 6.61 Å². The first-order valence-electron chi connectivity index (χ1n) is 3.36. The van der Waals surface area contributed by atoms with Gasteiger partial charge in [0.15, 0.2) is 0 Å². The zero-order valence-corrected chi connectivity index (χ0v) is 7.58. The van der Waals surface area contributed by atoms with E-state index in [2.05, 4.69) is 15.9 Å². The van der Waals surface area contributed by atoms with Crippen LogP contribution >= 0.6 is 15.9 Å². The van der Waals surface area contributed by atoms with Gasteiger partial charge in [0.1, 0.15) is 0 Å². The van der Waals surface area contributed by atoms with Crippen LogP contribution in [0.25, 0.3) is 4.48 Å². The lowest BCUT2D eigenvalue weighted by molar-refractivity contribution is 0.343.